The molecule has 0 fully saturated rings. The van der Waals surface area contributed by atoms with Gasteiger partial charge in [0.25, 0.3) is 5.56 Å². The fourth-order valence-electron chi connectivity index (χ4n) is 1.95. The van der Waals surface area contributed by atoms with E-state index in [9.17, 15) is 9.59 Å². The maximum absolute atomic E-state index is 11.8. The fourth-order valence-corrected chi connectivity index (χ4v) is 1.95. The molecule has 0 aliphatic rings. The average Bonchev–Trinajstić information content (AvgIpc) is 2.88. The van der Waals surface area contributed by atoms with Crippen molar-refractivity contribution in [2.45, 2.75) is 33.2 Å². The number of amides is 1. The van der Waals surface area contributed by atoms with Gasteiger partial charge in [-0.25, -0.2) is 9.97 Å². The molecule has 0 saturated heterocycles. The number of hydrogen-bond acceptors (Lipinski definition) is 4. The molecule has 2 rings (SSSR count). The maximum Gasteiger partial charge on any atom is 0.254 e. The van der Waals surface area contributed by atoms with E-state index in [1.807, 2.05) is 0 Å². The zero-order chi connectivity index (χ0) is 14.5. The first-order valence-corrected chi connectivity index (χ1v) is 6.36. The van der Waals surface area contributed by atoms with Gasteiger partial charge in [-0.3, -0.25) is 9.59 Å². The summed E-state index contributed by atoms with van der Waals surface area (Å²) in [7, 11) is 0. The molecule has 1 amide bonds. The molecule has 3 N–H and O–H groups in total. The summed E-state index contributed by atoms with van der Waals surface area (Å²) >= 11 is 0. The Labute approximate surface area is 115 Å². The largest absolute Gasteiger partial charge is 0.350 e. The highest BCUT2D eigenvalue weighted by molar-refractivity contribution is 5.76. The molecule has 0 aliphatic carbocycles. The number of hydrogen-bond donors (Lipinski definition) is 3. The second-order valence-corrected chi connectivity index (χ2v) is 4.57. The molecule has 2 aromatic rings. The smallest absolute Gasteiger partial charge is 0.254 e. The van der Waals surface area contributed by atoms with Crippen LogP contribution < -0.4 is 10.9 Å². The Morgan fingerprint density at radius 1 is 1.40 bits per heavy atom. The summed E-state index contributed by atoms with van der Waals surface area (Å²) in [6.07, 6.45) is 3.84. The van der Waals surface area contributed by atoms with Crippen molar-refractivity contribution in [1.82, 2.24) is 25.3 Å². The molecule has 20 heavy (non-hydrogen) atoms. The van der Waals surface area contributed by atoms with Crippen molar-refractivity contribution < 1.29 is 4.79 Å². The predicted octanol–water partition coefficient (Wildman–Crippen LogP) is 0.359. The Bertz CT molecular complexity index is 645. The molecule has 0 saturated carbocycles. The maximum atomic E-state index is 11.8. The highest BCUT2D eigenvalue weighted by Crippen LogP contribution is 2.02. The van der Waals surface area contributed by atoms with E-state index in [0.717, 1.165) is 5.69 Å². The van der Waals surface area contributed by atoms with Gasteiger partial charge in [-0.05, 0) is 20.3 Å². The van der Waals surface area contributed by atoms with Crippen LogP contribution in [0, 0.1) is 13.8 Å². The number of H-pyrrole nitrogens is 2. The summed E-state index contributed by atoms with van der Waals surface area (Å²) in [4.78, 5) is 37.1. The first kappa shape index (κ1) is 14.0. The SMILES string of the molecule is Cc1nc(C)c(CCC(=O)NCc2cnc[nH]2)c(=O)[nH]1. The molecule has 2 heterocycles. The molecule has 106 valence electrons. The number of carbonyl (C=O) groups excluding carboxylic acids is 1. The molecule has 0 radical (unpaired) electrons. The van der Waals surface area contributed by atoms with Gasteiger partial charge in [0.1, 0.15) is 5.82 Å². The van der Waals surface area contributed by atoms with Crippen molar-refractivity contribution in [3.05, 3.63) is 45.7 Å². The van der Waals surface area contributed by atoms with Crippen molar-refractivity contribution >= 4 is 5.91 Å². The van der Waals surface area contributed by atoms with E-state index < -0.39 is 0 Å². The lowest BCUT2D eigenvalue weighted by Crippen LogP contribution is -2.25. The lowest BCUT2D eigenvalue weighted by molar-refractivity contribution is -0.121. The number of nitrogens with one attached hydrogen (secondary N) is 3. The van der Waals surface area contributed by atoms with Crippen LogP contribution in [-0.4, -0.2) is 25.8 Å². The summed E-state index contributed by atoms with van der Waals surface area (Å²) in [5.74, 6) is 0.471. The lowest BCUT2D eigenvalue weighted by Gasteiger charge is -2.06. The van der Waals surface area contributed by atoms with Crippen molar-refractivity contribution in [2.75, 3.05) is 0 Å². The van der Waals surface area contributed by atoms with Gasteiger partial charge in [0.15, 0.2) is 0 Å². The van der Waals surface area contributed by atoms with Gasteiger partial charge < -0.3 is 15.3 Å². The normalized spacial score (nSPS) is 10.5. The first-order valence-electron chi connectivity index (χ1n) is 6.36. The van der Waals surface area contributed by atoms with Crippen molar-refractivity contribution in [3.8, 4) is 0 Å². The van der Waals surface area contributed by atoms with Crippen LogP contribution in [0.15, 0.2) is 17.3 Å². The van der Waals surface area contributed by atoms with Gasteiger partial charge in [-0.1, -0.05) is 0 Å². The second-order valence-electron chi connectivity index (χ2n) is 4.57. The third kappa shape index (κ3) is 3.53. The van der Waals surface area contributed by atoms with E-state index in [2.05, 4.69) is 25.3 Å². The van der Waals surface area contributed by atoms with Crippen LogP contribution in [0.5, 0.6) is 0 Å². The van der Waals surface area contributed by atoms with E-state index >= 15 is 0 Å². The highest BCUT2D eigenvalue weighted by Gasteiger charge is 2.09. The van der Waals surface area contributed by atoms with Gasteiger partial charge in [0.05, 0.1) is 18.6 Å². The van der Waals surface area contributed by atoms with E-state index in [0.29, 0.717) is 30.0 Å². The first-order chi connectivity index (χ1) is 9.56. The topological polar surface area (TPSA) is 104 Å². The molecule has 2 aromatic heterocycles. The van der Waals surface area contributed by atoms with Crippen molar-refractivity contribution in [3.63, 3.8) is 0 Å². The molecule has 0 aliphatic heterocycles. The summed E-state index contributed by atoms with van der Waals surface area (Å²) < 4.78 is 0. The van der Waals surface area contributed by atoms with Gasteiger partial charge in [0.2, 0.25) is 5.91 Å². The second kappa shape index (κ2) is 6.14. The lowest BCUT2D eigenvalue weighted by atomic mass is 10.1. The average molecular weight is 275 g/mol. The Hall–Kier alpha value is -2.44. The van der Waals surface area contributed by atoms with Gasteiger partial charge in [-0.2, -0.15) is 0 Å². The van der Waals surface area contributed by atoms with Crippen LogP contribution in [0.4, 0.5) is 0 Å². The number of rotatable bonds is 5. The molecule has 0 aromatic carbocycles. The number of aryl methyl sites for hydroxylation is 2. The Balaban J connectivity index is 1.89. The zero-order valence-electron chi connectivity index (χ0n) is 11.5. The standard InChI is InChI=1S/C13H17N5O2/c1-8-11(13(20)18-9(2)17-8)3-4-12(19)15-6-10-5-14-7-16-10/h5,7H,3-4,6H2,1-2H3,(H,14,16)(H,15,19)(H,17,18,20). The van der Waals surface area contributed by atoms with Crippen molar-refractivity contribution in [2.24, 2.45) is 0 Å². The minimum atomic E-state index is -0.170. The third-order valence-electron chi connectivity index (χ3n) is 2.97. The summed E-state index contributed by atoms with van der Waals surface area (Å²) in [5.41, 5.74) is 1.90. The van der Waals surface area contributed by atoms with Gasteiger partial charge >= 0.3 is 0 Å². The molecule has 0 bridgehead atoms. The monoisotopic (exact) mass is 275 g/mol. The molecular weight excluding hydrogens is 258 g/mol. The number of aromatic amines is 2. The number of aromatic nitrogens is 4. The third-order valence-corrected chi connectivity index (χ3v) is 2.97. The molecule has 0 spiro atoms. The number of imidazole rings is 1. The summed E-state index contributed by atoms with van der Waals surface area (Å²) in [6, 6.07) is 0. The molecule has 0 atom stereocenters. The molecule has 0 unspecified atom stereocenters. The van der Waals surface area contributed by atoms with Crippen molar-refractivity contribution in [1.29, 1.82) is 0 Å². The number of carbonyl (C=O) groups is 1. The summed E-state index contributed by atoms with van der Waals surface area (Å²) in [5, 5.41) is 2.76. The Morgan fingerprint density at radius 2 is 2.20 bits per heavy atom. The van der Waals surface area contributed by atoms with E-state index in [1.165, 1.54) is 0 Å². The Morgan fingerprint density at radius 3 is 2.85 bits per heavy atom. The summed E-state index contributed by atoms with van der Waals surface area (Å²) in [6.45, 7) is 3.91. The van der Waals surface area contributed by atoms with Crippen LogP contribution >= 0.6 is 0 Å². The fraction of sp³-hybridized carbons (Fsp3) is 0.385. The minimum Gasteiger partial charge on any atom is -0.350 e. The van der Waals surface area contributed by atoms with Crippen LogP contribution in [0.25, 0.3) is 0 Å². The van der Waals surface area contributed by atoms with Crippen LogP contribution in [-0.2, 0) is 17.8 Å². The van der Waals surface area contributed by atoms with Crippen LogP contribution in [0.2, 0.25) is 0 Å². The highest BCUT2D eigenvalue weighted by atomic mass is 16.1. The van der Waals surface area contributed by atoms with Crippen LogP contribution in [0.1, 0.15) is 29.2 Å². The predicted molar refractivity (Wildman–Crippen MR) is 73.1 cm³/mol. The quantitative estimate of drug-likeness (QED) is 0.732. The molecule has 7 nitrogen and oxygen atoms in total. The minimum absolute atomic E-state index is 0.112. The molecule has 7 heteroatoms. The van der Waals surface area contributed by atoms with E-state index in [1.54, 1.807) is 26.4 Å². The van der Waals surface area contributed by atoms with E-state index in [-0.39, 0.29) is 17.9 Å². The van der Waals surface area contributed by atoms with Gasteiger partial charge in [-0.15, -0.1) is 0 Å². The van der Waals surface area contributed by atoms with Crippen LogP contribution in [0.3, 0.4) is 0 Å². The zero-order valence-corrected chi connectivity index (χ0v) is 11.5. The number of nitrogens with zero attached hydrogens (tertiary/aromatic N) is 2. The Kier molecular flexibility index (Phi) is 4.29. The molecular formula is C13H17N5O2. The van der Waals surface area contributed by atoms with E-state index in [4.69, 9.17) is 0 Å². The van der Waals surface area contributed by atoms with Gasteiger partial charge in [0, 0.05) is 23.9 Å².